The zero-order valence-corrected chi connectivity index (χ0v) is 15.9. The van der Waals surface area contributed by atoms with Gasteiger partial charge in [-0.05, 0) is 60.2 Å². The molecular weight excluding hydrogens is 362 g/mol. The fraction of sp³-hybridized carbons (Fsp3) is 0.217. The summed E-state index contributed by atoms with van der Waals surface area (Å²) in [5.41, 5.74) is 4.31. The fourth-order valence-corrected chi connectivity index (χ4v) is 4.00. The standard InChI is InChI=1S/C23H21N5O/c29-23(11-15-3-4-20-17(10-15)2-1-7-25-20)26-22-14-21(27-28-22)19-12-18(13-19)16-5-8-24-9-6-16/h1-10,14,18-19H,11-13H2,(H2,26,27,28,29)/t18-,19+. The van der Waals surface area contributed by atoms with Gasteiger partial charge in [0, 0.05) is 41.7 Å². The topological polar surface area (TPSA) is 83.6 Å². The third kappa shape index (κ3) is 3.74. The van der Waals surface area contributed by atoms with E-state index in [0.29, 0.717) is 24.1 Å². The van der Waals surface area contributed by atoms with Crippen LogP contribution in [0, 0.1) is 0 Å². The highest BCUT2D eigenvalue weighted by atomic mass is 16.1. The highest BCUT2D eigenvalue weighted by molar-refractivity contribution is 5.92. The first kappa shape index (κ1) is 17.6. The monoisotopic (exact) mass is 383 g/mol. The highest BCUT2D eigenvalue weighted by Crippen LogP contribution is 2.47. The molecule has 1 saturated carbocycles. The molecule has 144 valence electrons. The number of pyridine rings is 2. The number of carbonyl (C=O) groups excluding carboxylic acids is 1. The van der Waals surface area contributed by atoms with Crippen LogP contribution in [0.3, 0.4) is 0 Å². The molecule has 1 aliphatic carbocycles. The lowest BCUT2D eigenvalue weighted by Gasteiger charge is -2.34. The molecule has 1 aliphatic rings. The Morgan fingerprint density at radius 3 is 2.76 bits per heavy atom. The SMILES string of the molecule is O=C(Cc1ccc2ncccc2c1)Nc1cc([C@H]2C[C@@H](c3ccncc3)C2)[nH]n1. The van der Waals surface area contributed by atoms with E-state index in [-0.39, 0.29) is 5.91 Å². The fourth-order valence-electron chi connectivity index (χ4n) is 4.00. The molecule has 3 heterocycles. The van der Waals surface area contributed by atoms with Gasteiger partial charge in [0.1, 0.15) is 0 Å². The molecule has 1 amide bonds. The number of nitrogens with zero attached hydrogens (tertiary/aromatic N) is 3. The molecule has 0 spiro atoms. The second-order valence-electron chi connectivity index (χ2n) is 7.61. The molecule has 1 aromatic carbocycles. The largest absolute Gasteiger partial charge is 0.309 e. The lowest BCUT2D eigenvalue weighted by atomic mass is 9.70. The summed E-state index contributed by atoms with van der Waals surface area (Å²) in [6.45, 7) is 0. The lowest BCUT2D eigenvalue weighted by molar-refractivity contribution is -0.115. The molecule has 2 N–H and O–H groups in total. The van der Waals surface area contributed by atoms with Gasteiger partial charge in [0.25, 0.3) is 0 Å². The number of fused-ring (bicyclic) bond motifs is 1. The summed E-state index contributed by atoms with van der Waals surface area (Å²) in [6, 6.07) is 15.9. The van der Waals surface area contributed by atoms with Gasteiger partial charge in [-0.15, -0.1) is 0 Å². The number of benzene rings is 1. The highest BCUT2D eigenvalue weighted by Gasteiger charge is 2.32. The first-order chi connectivity index (χ1) is 14.2. The number of amides is 1. The molecule has 0 radical (unpaired) electrons. The number of aromatic nitrogens is 4. The zero-order valence-electron chi connectivity index (χ0n) is 15.9. The Morgan fingerprint density at radius 2 is 1.90 bits per heavy atom. The van der Waals surface area contributed by atoms with Gasteiger partial charge < -0.3 is 5.32 Å². The number of H-pyrrole nitrogens is 1. The predicted molar refractivity (Wildman–Crippen MR) is 112 cm³/mol. The van der Waals surface area contributed by atoms with Crippen LogP contribution in [0.4, 0.5) is 5.82 Å². The van der Waals surface area contributed by atoms with Crippen molar-refractivity contribution in [2.24, 2.45) is 0 Å². The van der Waals surface area contributed by atoms with Crippen molar-refractivity contribution in [2.75, 3.05) is 5.32 Å². The summed E-state index contributed by atoms with van der Waals surface area (Å²) < 4.78 is 0. The van der Waals surface area contributed by atoms with Gasteiger partial charge in [0.15, 0.2) is 5.82 Å². The van der Waals surface area contributed by atoms with Gasteiger partial charge in [0.05, 0.1) is 11.9 Å². The van der Waals surface area contributed by atoms with E-state index < -0.39 is 0 Å². The summed E-state index contributed by atoms with van der Waals surface area (Å²) >= 11 is 0. The summed E-state index contributed by atoms with van der Waals surface area (Å²) in [7, 11) is 0. The van der Waals surface area contributed by atoms with Crippen molar-refractivity contribution in [2.45, 2.75) is 31.1 Å². The van der Waals surface area contributed by atoms with E-state index in [4.69, 9.17) is 0 Å². The van der Waals surface area contributed by atoms with Gasteiger partial charge in [-0.3, -0.25) is 19.9 Å². The Hall–Kier alpha value is -3.54. The van der Waals surface area contributed by atoms with Crippen LogP contribution in [0.15, 0.2) is 67.1 Å². The van der Waals surface area contributed by atoms with E-state index >= 15 is 0 Å². The molecule has 1 fully saturated rings. The number of carbonyl (C=O) groups is 1. The van der Waals surface area contributed by atoms with Gasteiger partial charge in [-0.25, -0.2) is 0 Å². The number of anilines is 1. The summed E-state index contributed by atoms with van der Waals surface area (Å²) in [5.74, 6) is 1.54. The molecule has 0 bridgehead atoms. The van der Waals surface area contributed by atoms with Crippen LogP contribution < -0.4 is 5.32 Å². The molecule has 3 aromatic heterocycles. The van der Waals surface area contributed by atoms with Gasteiger partial charge in [-0.1, -0.05) is 12.1 Å². The van der Waals surface area contributed by atoms with Gasteiger partial charge in [0.2, 0.25) is 5.91 Å². The Labute approximate surface area is 168 Å². The van der Waals surface area contributed by atoms with Crippen LogP contribution >= 0.6 is 0 Å². The number of rotatable bonds is 5. The number of aromatic amines is 1. The van der Waals surface area contributed by atoms with Crippen molar-refractivity contribution in [1.82, 2.24) is 20.2 Å². The third-order valence-corrected chi connectivity index (χ3v) is 5.65. The number of hydrogen-bond acceptors (Lipinski definition) is 4. The van der Waals surface area contributed by atoms with E-state index in [0.717, 1.165) is 35.0 Å². The smallest absolute Gasteiger partial charge is 0.229 e. The first-order valence-corrected chi connectivity index (χ1v) is 9.83. The molecule has 0 saturated heterocycles. The molecule has 0 atom stereocenters. The molecule has 0 aliphatic heterocycles. The van der Waals surface area contributed by atoms with Crippen LogP contribution in [0.2, 0.25) is 0 Å². The summed E-state index contributed by atoms with van der Waals surface area (Å²) in [4.78, 5) is 20.8. The van der Waals surface area contributed by atoms with E-state index in [1.54, 1.807) is 6.20 Å². The quantitative estimate of drug-likeness (QED) is 0.541. The molecule has 5 rings (SSSR count). The maximum Gasteiger partial charge on any atom is 0.229 e. The minimum Gasteiger partial charge on any atom is -0.309 e. The normalized spacial score (nSPS) is 18.3. The second kappa shape index (κ2) is 7.47. The summed E-state index contributed by atoms with van der Waals surface area (Å²) in [6.07, 6.45) is 7.94. The van der Waals surface area contributed by atoms with Crippen LogP contribution in [0.1, 0.15) is 41.5 Å². The average Bonchev–Trinajstić information content (AvgIpc) is 3.15. The van der Waals surface area contributed by atoms with Crippen LogP contribution in [0.5, 0.6) is 0 Å². The maximum atomic E-state index is 12.4. The van der Waals surface area contributed by atoms with Gasteiger partial charge in [-0.2, -0.15) is 5.10 Å². The second-order valence-corrected chi connectivity index (χ2v) is 7.61. The van der Waals surface area contributed by atoms with Crippen molar-refractivity contribution in [3.8, 4) is 0 Å². The Balaban J connectivity index is 1.18. The Kier molecular flexibility index (Phi) is 4.52. The number of nitrogens with one attached hydrogen (secondary N) is 2. The van der Waals surface area contributed by atoms with Gasteiger partial charge >= 0.3 is 0 Å². The molecule has 29 heavy (non-hydrogen) atoms. The molecule has 6 nitrogen and oxygen atoms in total. The molecule has 4 aromatic rings. The average molecular weight is 383 g/mol. The predicted octanol–water partition coefficient (Wildman–Crippen LogP) is 4.20. The van der Waals surface area contributed by atoms with Crippen molar-refractivity contribution < 1.29 is 4.79 Å². The Morgan fingerprint density at radius 1 is 1.03 bits per heavy atom. The van der Waals surface area contributed by atoms with Crippen molar-refractivity contribution in [3.63, 3.8) is 0 Å². The zero-order chi connectivity index (χ0) is 19.6. The summed E-state index contributed by atoms with van der Waals surface area (Å²) in [5, 5.41) is 11.3. The van der Waals surface area contributed by atoms with E-state index in [9.17, 15) is 4.79 Å². The molecule has 0 unspecified atom stereocenters. The van der Waals surface area contributed by atoms with Crippen molar-refractivity contribution in [1.29, 1.82) is 0 Å². The van der Waals surface area contributed by atoms with Crippen LogP contribution in [-0.4, -0.2) is 26.1 Å². The third-order valence-electron chi connectivity index (χ3n) is 5.65. The first-order valence-electron chi connectivity index (χ1n) is 9.83. The van der Waals surface area contributed by atoms with E-state index in [1.165, 1.54) is 5.56 Å². The number of hydrogen-bond donors (Lipinski definition) is 2. The van der Waals surface area contributed by atoms with E-state index in [2.05, 4.69) is 37.6 Å². The Bertz CT molecular complexity index is 1150. The van der Waals surface area contributed by atoms with Crippen molar-refractivity contribution >= 4 is 22.6 Å². The lowest BCUT2D eigenvalue weighted by Crippen LogP contribution is -2.20. The van der Waals surface area contributed by atoms with Crippen molar-refractivity contribution in [3.05, 3.63) is 83.9 Å². The van der Waals surface area contributed by atoms with Crippen LogP contribution in [0.25, 0.3) is 10.9 Å². The minimum atomic E-state index is -0.0745. The van der Waals surface area contributed by atoms with E-state index in [1.807, 2.05) is 48.8 Å². The molecule has 6 heteroatoms. The molecular formula is C23H21N5O. The maximum absolute atomic E-state index is 12.4. The van der Waals surface area contributed by atoms with Crippen LogP contribution in [-0.2, 0) is 11.2 Å². The minimum absolute atomic E-state index is 0.0745.